The van der Waals surface area contributed by atoms with Crippen molar-refractivity contribution in [3.63, 3.8) is 0 Å². The first kappa shape index (κ1) is 23.6. The summed E-state index contributed by atoms with van der Waals surface area (Å²) in [6, 6.07) is 10.6. The normalized spacial score (nSPS) is 16.3. The molecule has 0 saturated carbocycles. The van der Waals surface area contributed by atoms with Crippen molar-refractivity contribution in [1.29, 1.82) is 0 Å². The standard InChI is InChI=1S/C22H23IN6O3S2/c1-13(23)19-27-20(32-28-19)15-9-11-29(12-10-15)22-26-18-8-7-17(25-21(18)33-22)14-3-5-16(6-4-14)34(30,31)24-2/h3-8,13,15,24H,9-12H2,1-2H3. The maximum Gasteiger partial charge on any atom is 0.240 e. The molecule has 1 fully saturated rings. The number of piperidine rings is 1. The number of nitrogens with zero attached hydrogens (tertiary/aromatic N) is 5. The molecule has 5 rings (SSSR count). The second-order valence-corrected chi connectivity index (χ2v) is 12.8. The van der Waals surface area contributed by atoms with Gasteiger partial charge in [0.2, 0.25) is 15.9 Å². The zero-order valence-corrected chi connectivity index (χ0v) is 22.4. The number of pyridine rings is 1. The van der Waals surface area contributed by atoms with Crippen molar-refractivity contribution >= 4 is 59.4 Å². The van der Waals surface area contributed by atoms with Gasteiger partial charge >= 0.3 is 0 Å². The third-order valence-corrected chi connectivity index (χ3v) is 8.91. The third-order valence-electron chi connectivity index (χ3n) is 5.90. The maximum absolute atomic E-state index is 12.0. The molecule has 0 spiro atoms. The summed E-state index contributed by atoms with van der Waals surface area (Å²) in [7, 11) is -2.06. The smallest absolute Gasteiger partial charge is 0.240 e. The average molecular weight is 611 g/mol. The van der Waals surface area contributed by atoms with E-state index < -0.39 is 10.0 Å². The molecular weight excluding hydrogens is 587 g/mol. The Labute approximate surface area is 215 Å². The highest BCUT2D eigenvalue weighted by Crippen LogP contribution is 2.35. The number of thiazole rings is 1. The molecule has 4 aromatic rings. The summed E-state index contributed by atoms with van der Waals surface area (Å²) in [4.78, 5) is 17.5. The number of hydrogen-bond acceptors (Lipinski definition) is 9. The van der Waals surface area contributed by atoms with Crippen molar-refractivity contribution in [1.82, 2.24) is 24.8 Å². The first-order valence-corrected chi connectivity index (χ1v) is 14.4. The largest absolute Gasteiger partial charge is 0.348 e. The summed E-state index contributed by atoms with van der Waals surface area (Å²) in [6.07, 6.45) is 1.88. The van der Waals surface area contributed by atoms with Gasteiger partial charge in [-0.05, 0) is 51.1 Å². The van der Waals surface area contributed by atoms with E-state index >= 15 is 0 Å². The Bertz CT molecular complexity index is 1410. The number of halogens is 1. The van der Waals surface area contributed by atoms with Gasteiger partial charge in [0.15, 0.2) is 11.0 Å². The molecule has 0 radical (unpaired) electrons. The second kappa shape index (κ2) is 9.47. The number of anilines is 1. The molecule has 1 aliphatic rings. The van der Waals surface area contributed by atoms with Crippen LogP contribution in [0, 0.1) is 0 Å². The Morgan fingerprint density at radius 3 is 2.50 bits per heavy atom. The fourth-order valence-corrected chi connectivity index (χ4v) is 5.89. The molecule has 1 N–H and O–H groups in total. The Morgan fingerprint density at radius 1 is 1.12 bits per heavy atom. The topological polar surface area (TPSA) is 114 Å². The van der Waals surface area contributed by atoms with Crippen molar-refractivity contribution in [3.05, 3.63) is 48.1 Å². The van der Waals surface area contributed by atoms with E-state index in [2.05, 4.69) is 42.4 Å². The van der Waals surface area contributed by atoms with Gasteiger partial charge < -0.3 is 9.42 Å². The van der Waals surface area contributed by atoms with Crippen molar-refractivity contribution in [2.45, 2.75) is 34.5 Å². The Kier molecular flexibility index (Phi) is 6.57. The third kappa shape index (κ3) is 4.68. The number of benzene rings is 1. The first-order chi connectivity index (χ1) is 16.3. The predicted octanol–water partition coefficient (Wildman–Crippen LogP) is 4.53. The van der Waals surface area contributed by atoms with E-state index in [1.807, 2.05) is 19.1 Å². The van der Waals surface area contributed by atoms with Crippen LogP contribution in [0.4, 0.5) is 5.13 Å². The minimum Gasteiger partial charge on any atom is -0.348 e. The van der Waals surface area contributed by atoms with E-state index in [-0.39, 0.29) is 14.7 Å². The van der Waals surface area contributed by atoms with Crippen LogP contribution < -0.4 is 9.62 Å². The van der Waals surface area contributed by atoms with Crippen molar-refractivity contribution in [2.24, 2.45) is 0 Å². The predicted molar refractivity (Wildman–Crippen MR) is 140 cm³/mol. The van der Waals surface area contributed by atoms with E-state index in [9.17, 15) is 8.42 Å². The van der Waals surface area contributed by atoms with E-state index in [4.69, 9.17) is 14.5 Å². The van der Waals surface area contributed by atoms with Gasteiger partial charge in [-0.15, -0.1) is 0 Å². The molecule has 3 aromatic heterocycles. The van der Waals surface area contributed by atoms with Crippen LogP contribution in [-0.4, -0.2) is 48.7 Å². The number of aromatic nitrogens is 4. The lowest BCUT2D eigenvalue weighted by Gasteiger charge is -2.29. The molecule has 178 valence electrons. The summed E-state index contributed by atoms with van der Waals surface area (Å²) in [5, 5.41) is 5.05. The molecule has 4 heterocycles. The Balaban J connectivity index is 1.30. The minimum atomic E-state index is -3.46. The highest BCUT2D eigenvalue weighted by Gasteiger charge is 2.27. The van der Waals surface area contributed by atoms with Crippen LogP contribution in [0.5, 0.6) is 0 Å². The number of alkyl halides is 1. The quantitative estimate of drug-likeness (QED) is 0.250. The van der Waals surface area contributed by atoms with Gasteiger partial charge in [0.25, 0.3) is 0 Å². The fraction of sp³-hybridized carbons (Fsp3) is 0.364. The average Bonchev–Trinajstić information content (AvgIpc) is 3.51. The molecule has 34 heavy (non-hydrogen) atoms. The summed E-state index contributed by atoms with van der Waals surface area (Å²) >= 11 is 3.86. The highest BCUT2D eigenvalue weighted by molar-refractivity contribution is 14.1. The number of hydrogen-bond donors (Lipinski definition) is 1. The van der Waals surface area contributed by atoms with E-state index in [0.717, 1.165) is 64.4 Å². The second-order valence-electron chi connectivity index (χ2n) is 8.12. The van der Waals surface area contributed by atoms with Gasteiger partial charge in [0.1, 0.15) is 10.3 Å². The Hall–Kier alpha value is -2.16. The van der Waals surface area contributed by atoms with Crippen molar-refractivity contribution in [3.8, 4) is 11.3 Å². The molecule has 0 aliphatic carbocycles. The van der Waals surface area contributed by atoms with E-state index in [1.165, 1.54) is 7.05 Å². The van der Waals surface area contributed by atoms with E-state index in [1.54, 1.807) is 35.6 Å². The lowest BCUT2D eigenvalue weighted by atomic mass is 9.97. The number of rotatable bonds is 6. The van der Waals surface area contributed by atoms with Gasteiger partial charge in [-0.2, -0.15) is 4.98 Å². The molecule has 1 saturated heterocycles. The van der Waals surface area contributed by atoms with Gasteiger partial charge in [-0.25, -0.2) is 23.1 Å². The fourth-order valence-electron chi connectivity index (χ4n) is 3.92. The number of nitrogens with one attached hydrogen (secondary N) is 1. The monoisotopic (exact) mass is 610 g/mol. The van der Waals surface area contributed by atoms with Crippen molar-refractivity contribution < 1.29 is 12.9 Å². The van der Waals surface area contributed by atoms with E-state index in [0.29, 0.717) is 0 Å². The summed E-state index contributed by atoms with van der Waals surface area (Å²) in [5.41, 5.74) is 2.50. The molecule has 1 unspecified atom stereocenters. The van der Waals surface area contributed by atoms with Crippen LogP contribution >= 0.6 is 33.9 Å². The minimum absolute atomic E-state index is 0.226. The van der Waals surface area contributed by atoms with Crippen LogP contribution in [-0.2, 0) is 10.0 Å². The number of fused-ring (bicyclic) bond motifs is 1. The zero-order chi connectivity index (χ0) is 23.9. The van der Waals surface area contributed by atoms with Gasteiger partial charge in [-0.3, -0.25) is 0 Å². The van der Waals surface area contributed by atoms with Crippen LogP contribution in [0.2, 0.25) is 0 Å². The zero-order valence-electron chi connectivity index (χ0n) is 18.6. The molecule has 0 amide bonds. The summed E-state index contributed by atoms with van der Waals surface area (Å²) in [6.45, 7) is 3.79. The van der Waals surface area contributed by atoms with Crippen LogP contribution in [0.3, 0.4) is 0 Å². The van der Waals surface area contributed by atoms with Gasteiger partial charge in [0, 0.05) is 24.6 Å². The molecule has 1 aromatic carbocycles. The molecule has 9 nitrogen and oxygen atoms in total. The molecule has 1 atom stereocenters. The summed E-state index contributed by atoms with van der Waals surface area (Å²) in [5.74, 6) is 1.77. The maximum atomic E-state index is 12.0. The van der Waals surface area contributed by atoms with Crippen LogP contribution in [0.15, 0.2) is 45.8 Å². The van der Waals surface area contributed by atoms with Gasteiger partial charge in [0.05, 0.1) is 14.5 Å². The first-order valence-electron chi connectivity index (χ1n) is 10.9. The Morgan fingerprint density at radius 2 is 1.85 bits per heavy atom. The molecule has 0 bridgehead atoms. The number of sulfonamides is 1. The summed E-state index contributed by atoms with van der Waals surface area (Å²) < 4.78 is 32.0. The molecular formula is C22H23IN6O3S2. The van der Waals surface area contributed by atoms with Crippen LogP contribution in [0.25, 0.3) is 21.6 Å². The molecule has 1 aliphatic heterocycles. The SMILES string of the molecule is CNS(=O)(=O)c1ccc(-c2ccc3nc(N4CCC(c5nc(C(C)I)no5)CC4)sc3n2)cc1. The van der Waals surface area contributed by atoms with Gasteiger partial charge in [-0.1, -0.05) is 51.2 Å². The molecule has 12 heteroatoms. The lowest BCUT2D eigenvalue weighted by Crippen LogP contribution is -2.32. The lowest BCUT2D eigenvalue weighted by molar-refractivity contribution is 0.327. The van der Waals surface area contributed by atoms with Crippen LogP contribution in [0.1, 0.15) is 41.3 Å². The van der Waals surface area contributed by atoms with Crippen molar-refractivity contribution in [2.75, 3.05) is 25.0 Å². The highest BCUT2D eigenvalue weighted by atomic mass is 127.